The van der Waals surface area contributed by atoms with Crippen molar-refractivity contribution >= 4 is 23.2 Å². The van der Waals surface area contributed by atoms with Crippen molar-refractivity contribution in [3.63, 3.8) is 0 Å². The molecule has 0 spiro atoms. The van der Waals surface area contributed by atoms with Crippen LogP contribution in [0.3, 0.4) is 0 Å². The molecule has 0 saturated heterocycles. The maximum absolute atomic E-state index is 11.4. The van der Waals surface area contributed by atoms with E-state index in [0.29, 0.717) is 17.3 Å². The molecular weight excluding hydrogens is 336 g/mol. The molecule has 2 aromatic carbocycles. The minimum Gasteiger partial charge on any atom is -0.350 e. The fourth-order valence-corrected chi connectivity index (χ4v) is 2.60. The Bertz CT molecular complexity index is 929. The Kier molecular flexibility index (Phi) is 5.21. The van der Waals surface area contributed by atoms with E-state index in [4.69, 9.17) is 0 Å². The first-order valence-electron chi connectivity index (χ1n) is 8.91. The lowest BCUT2D eigenvalue weighted by Crippen LogP contribution is -2.27. The molecule has 2 N–H and O–H groups in total. The molecule has 0 amide bonds. The van der Waals surface area contributed by atoms with E-state index in [1.807, 2.05) is 48.5 Å². The molecule has 5 nitrogen and oxygen atoms in total. The highest BCUT2D eigenvalue weighted by atomic mass is 16.1. The standard InChI is InChI=1S/C22H24N4O/c1-15(27)16-10-12-18(13-11-16)23-20-14-19(17-8-6-5-7-9-17)24-21(25-20)26-22(2,3)4/h5-14H,1-4H3,(H2,23,24,25,26). The summed E-state index contributed by atoms with van der Waals surface area (Å²) in [4.78, 5) is 20.7. The summed E-state index contributed by atoms with van der Waals surface area (Å²) in [5.74, 6) is 1.30. The summed E-state index contributed by atoms with van der Waals surface area (Å²) in [7, 11) is 0. The molecule has 1 aromatic heterocycles. The van der Waals surface area contributed by atoms with E-state index >= 15 is 0 Å². The van der Waals surface area contributed by atoms with Crippen LogP contribution in [0.4, 0.5) is 17.5 Å². The second-order valence-corrected chi connectivity index (χ2v) is 7.46. The quantitative estimate of drug-likeness (QED) is 0.604. The first-order valence-corrected chi connectivity index (χ1v) is 8.91. The molecule has 0 aliphatic heterocycles. The number of rotatable bonds is 5. The zero-order chi connectivity index (χ0) is 19.4. The number of nitrogens with one attached hydrogen (secondary N) is 2. The van der Waals surface area contributed by atoms with Crippen molar-refractivity contribution in [1.29, 1.82) is 0 Å². The van der Waals surface area contributed by atoms with Gasteiger partial charge in [-0.2, -0.15) is 4.98 Å². The lowest BCUT2D eigenvalue weighted by molar-refractivity contribution is 0.101. The minimum atomic E-state index is -0.157. The van der Waals surface area contributed by atoms with E-state index in [1.54, 1.807) is 19.1 Å². The number of carbonyl (C=O) groups excluding carboxylic acids is 1. The summed E-state index contributed by atoms with van der Waals surface area (Å²) in [6.45, 7) is 7.76. The summed E-state index contributed by atoms with van der Waals surface area (Å²) in [5, 5.41) is 6.64. The fraction of sp³-hybridized carbons (Fsp3) is 0.227. The van der Waals surface area contributed by atoms with E-state index in [1.165, 1.54) is 0 Å². The second-order valence-electron chi connectivity index (χ2n) is 7.46. The molecule has 27 heavy (non-hydrogen) atoms. The zero-order valence-corrected chi connectivity index (χ0v) is 16.1. The Hall–Kier alpha value is -3.21. The molecule has 0 atom stereocenters. The van der Waals surface area contributed by atoms with Gasteiger partial charge in [0.25, 0.3) is 0 Å². The highest BCUT2D eigenvalue weighted by molar-refractivity contribution is 5.94. The van der Waals surface area contributed by atoms with Gasteiger partial charge < -0.3 is 10.6 Å². The van der Waals surface area contributed by atoms with Crippen LogP contribution >= 0.6 is 0 Å². The summed E-state index contributed by atoms with van der Waals surface area (Å²) < 4.78 is 0. The summed E-state index contributed by atoms with van der Waals surface area (Å²) in [6, 6.07) is 19.3. The third kappa shape index (κ3) is 5.14. The Morgan fingerprint density at radius 3 is 2.19 bits per heavy atom. The number of anilines is 3. The minimum absolute atomic E-state index is 0.0478. The van der Waals surface area contributed by atoms with Gasteiger partial charge in [0, 0.05) is 28.4 Å². The van der Waals surface area contributed by atoms with Gasteiger partial charge in [-0.1, -0.05) is 30.3 Å². The van der Waals surface area contributed by atoms with Crippen molar-refractivity contribution in [3.8, 4) is 11.3 Å². The molecule has 3 rings (SSSR count). The van der Waals surface area contributed by atoms with Gasteiger partial charge >= 0.3 is 0 Å². The molecule has 0 saturated carbocycles. The fourth-order valence-electron chi connectivity index (χ4n) is 2.60. The van der Waals surface area contributed by atoms with Gasteiger partial charge in [-0.05, 0) is 52.0 Å². The topological polar surface area (TPSA) is 66.9 Å². The number of benzene rings is 2. The lowest BCUT2D eigenvalue weighted by atomic mass is 10.1. The molecule has 0 aliphatic rings. The number of aromatic nitrogens is 2. The molecule has 0 radical (unpaired) electrons. The Morgan fingerprint density at radius 2 is 1.59 bits per heavy atom. The summed E-state index contributed by atoms with van der Waals surface area (Å²) in [6.07, 6.45) is 0. The number of hydrogen-bond acceptors (Lipinski definition) is 5. The van der Waals surface area contributed by atoms with Crippen molar-refractivity contribution in [1.82, 2.24) is 9.97 Å². The van der Waals surface area contributed by atoms with Crippen LogP contribution in [0.1, 0.15) is 38.1 Å². The highest BCUT2D eigenvalue weighted by Gasteiger charge is 2.14. The average molecular weight is 360 g/mol. The van der Waals surface area contributed by atoms with E-state index in [9.17, 15) is 4.79 Å². The van der Waals surface area contributed by atoms with Gasteiger partial charge in [-0.25, -0.2) is 4.98 Å². The van der Waals surface area contributed by atoms with Crippen LogP contribution in [0.5, 0.6) is 0 Å². The normalized spacial score (nSPS) is 11.1. The molecular formula is C22H24N4O. The van der Waals surface area contributed by atoms with E-state index in [-0.39, 0.29) is 11.3 Å². The summed E-state index contributed by atoms with van der Waals surface area (Å²) >= 11 is 0. The molecule has 0 aliphatic carbocycles. The van der Waals surface area contributed by atoms with E-state index in [2.05, 4.69) is 41.4 Å². The van der Waals surface area contributed by atoms with Crippen molar-refractivity contribution in [3.05, 3.63) is 66.2 Å². The van der Waals surface area contributed by atoms with Crippen LogP contribution in [-0.2, 0) is 0 Å². The number of nitrogens with zero attached hydrogens (tertiary/aromatic N) is 2. The molecule has 5 heteroatoms. The van der Waals surface area contributed by atoms with Crippen LogP contribution in [0, 0.1) is 0 Å². The number of ketones is 1. The third-order valence-electron chi connectivity index (χ3n) is 3.85. The molecule has 3 aromatic rings. The van der Waals surface area contributed by atoms with Crippen molar-refractivity contribution in [2.45, 2.75) is 33.2 Å². The van der Waals surface area contributed by atoms with E-state index in [0.717, 1.165) is 16.9 Å². The number of hydrogen-bond donors (Lipinski definition) is 2. The van der Waals surface area contributed by atoms with Crippen LogP contribution in [0.15, 0.2) is 60.7 Å². The molecule has 1 heterocycles. The lowest BCUT2D eigenvalue weighted by Gasteiger charge is -2.21. The molecule has 0 unspecified atom stereocenters. The Morgan fingerprint density at radius 1 is 0.926 bits per heavy atom. The monoisotopic (exact) mass is 360 g/mol. The van der Waals surface area contributed by atoms with Crippen molar-refractivity contribution < 1.29 is 4.79 Å². The highest BCUT2D eigenvalue weighted by Crippen LogP contribution is 2.25. The van der Waals surface area contributed by atoms with Crippen molar-refractivity contribution in [2.24, 2.45) is 0 Å². The van der Waals surface area contributed by atoms with Gasteiger partial charge in [0.15, 0.2) is 5.78 Å². The van der Waals surface area contributed by atoms with E-state index < -0.39 is 0 Å². The van der Waals surface area contributed by atoms with Gasteiger partial charge in [0.2, 0.25) is 5.95 Å². The van der Waals surface area contributed by atoms with Gasteiger partial charge in [-0.3, -0.25) is 4.79 Å². The predicted molar refractivity (Wildman–Crippen MR) is 111 cm³/mol. The smallest absolute Gasteiger partial charge is 0.225 e. The van der Waals surface area contributed by atoms with Gasteiger partial charge in [0.1, 0.15) is 5.82 Å². The van der Waals surface area contributed by atoms with Crippen LogP contribution in [0.25, 0.3) is 11.3 Å². The summed E-state index contributed by atoms with van der Waals surface area (Å²) in [5.41, 5.74) is 3.24. The average Bonchev–Trinajstić information content (AvgIpc) is 2.61. The second kappa shape index (κ2) is 7.58. The molecule has 0 fully saturated rings. The Labute approximate surface area is 159 Å². The molecule has 138 valence electrons. The van der Waals surface area contributed by atoms with Crippen LogP contribution in [0.2, 0.25) is 0 Å². The predicted octanol–water partition coefficient (Wildman–Crippen LogP) is 5.30. The SMILES string of the molecule is CC(=O)c1ccc(Nc2cc(-c3ccccc3)nc(NC(C)(C)C)n2)cc1. The number of carbonyl (C=O) groups is 1. The van der Waals surface area contributed by atoms with Crippen molar-refractivity contribution in [2.75, 3.05) is 10.6 Å². The third-order valence-corrected chi connectivity index (χ3v) is 3.85. The maximum atomic E-state index is 11.4. The molecule has 0 bridgehead atoms. The maximum Gasteiger partial charge on any atom is 0.225 e. The first-order chi connectivity index (χ1) is 12.8. The van der Waals surface area contributed by atoms with Gasteiger partial charge in [-0.15, -0.1) is 0 Å². The van der Waals surface area contributed by atoms with Gasteiger partial charge in [0.05, 0.1) is 5.69 Å². The largest absolute Gasteiger partial charge is 0.350 e. The Balaban J connectivity index is 1.95. The van der Waals surface area contributed by atoms with Crippen LogP contribution in [-0.4, -0.2) is 21.3 Å². The van der Waals surface area contributed by atoms with Crippen LogP contribution < -0.4 is 10.6 Å². The zero-order valence-electron chi connectivity index (χ0n) is 16.1. The first kappa shape index (κ1) is 18.6. The number of Topliss-reactive ketones (excluding diaryl/α,β-unsaturated/α-hetero) is 1.